The van der Waals surface area contributed by atoms with Crippen molar-refractivity contribution in [3.63, 3.8) is 0 Å². The highest BCUT2D eigenvalue weighted by atomic mass is 35.5. The molecule has 0 saturated carbocycles. The number of halogens is 1. The zero-order chi connectivity index (χ0) is 23.8. The Bertz CT molecular complexity index is 1180. The topological polar surface area (TPSA) is 57.6 Å². The van der Waals surface area contributed by atoms with Gasteiger partial charge in [0.05, 0.1) is 12.1 Å². The maximum Gasteiger partial charge on any atom is 0.264 e. The van der Waals surface area contributed by atoms with E-state index in [0.29, 0.717) is 34.8 Å². The molecular weight excluding hydrogens is 434 g/mol. The Balaban J connectivity index is 1.61. The van der Waals surface area contributed by atoms with Crippen LogP contribution in [0.4, 0.5) is 5.69 Å². The van der Waals surface area contributed by atoms with E-state index in [2.05, 4.69) is 20.8 Å². The van der Waals surface area contributed by atoms with Crippen molar-refractivity contribution in [1.29, 1.82) is 0 Å². The summed E-state index contributed by atoms with van der Waals surface area (Å²) in [4.78, 5) is 28.1. The molecule has 0 aromatic heterocycles. The first-order valence-corrected chi connectivity index (χ1v) is 11.5. The van der Waals surface area contributed by atoms with Crippen molar-refractivity contribution in [3.8, 4) is 0 Å². The number of hydrogen-bond donors (Lipinski definition) is 1. The second-order valence-corrected chi connectivity index (χ2v) is 10.1. The largest absolute Gasteiger partial charge is 0.375 e. The van der Waals surface area contributed by atoms with E-state index in [1.54, 1.807) is 35.2 Å². The Kier molecular flexibility index (Phi) is 6.17. The third-order valence-electron chi connectivity index (χ3n) is 6.25. The molecule has 1 aliphatic heterocycles. The number of Topliss-reactive ketones (excluding diaryl/α,β-unsaturated/α-hetero) is 1. The van der Waals surface area contributed by atoms with Gasteiger partial charge in [-0.25, -0.2) is 0 Å². The van der Waals surface area contributed by atoms with Crippen molar-refractivity contribution in [3.05, 3.63) is 100 Å². The van der Waals surface area contributed by atoms with E-state index in [1.807, 2.05) is 42.5 Å². The van der Waals surface area contributed by atoms with Crippen LogP contribution in [0.5, 0.6) is 0 Å². The summed E-state index contributed by atoms with van der Waals surface area (Å²) in [6, 6.07) is 22.2. The minimum Gasteiger partial charge on any atom is -0.375 e. The maximum absolute atomic E-state index is 13.4. The van der Waals surface area contributed by atoms with Crippen LogP contribution >= 0.6 is 11.6 Å². The van der Waals surface area contributed by atoms with Gasteiger partial charge in [-0.15, -0.1) is 0 Å². The minimum atomic E-state index is -1.95. The van der Waals surface area contributed by atoms with Gasteiger partial charge >= 0.3 is 0 Å². The van der Waals surface area contributed by atoms with Crippen LogP contribution in [0, 0.1) is 0 Å². The van der Waals surface area contributed by atoms with E-state index < -0.39 is 11.5 Å². The lowest BCUT2D eigenvalue weighted by atomic mass is 9.85. The first-order chi connectivity index (χ1) is 15.6. The molecule has 5 heteroatoms. The third-order valence-corrected chi connectivity index (χ3v) is 6.49. The third kappa shape index (κ3) is 4.59. The minimum absolute atomic E-state index is 0.0316. The quantitative estimate of drug-likeness (QED) is 0.480. The smallest absolute Gasteiger partial charge is 0.264 e. The van der Waals surface area contributed by atoms with Gasteiger partial charge in [0.25, 0.3) is 5.91 Å². The number of carbonyl (C=O) groups is 2. The van der Waals surface area contributed by atoms with Gasteiger partial charge in [0, 0.05) is 22.7 Å². The van der Waals surface area contributed by atoms with E-state index in [9.17, 15) is 14.7 Å². The number of rotatable bonds is 6. The first-order valence-electron chi connectivity index (χ1n) is 11.1. The monoisotopic (exact) mass is 461 g/mol. The SMILES string of the molecule is CC(C)(C)c1ccc(C(=O)C[C@]2(O)C(=O)N(CCc3ccccc3)c3ccc(Cl)cc32)cc1. The lowest BCUT2D eigenvalue weighted by molar-refractivity contribution is -0.135. The molecule has 0 radical (unpaired) electrons. The molecule has 0 saturated heterocycles. The Hall–Kier alpha value is -2.95. The zero-order valence-corrected chi connectivity index (χ0v) is 19.9. The molecule has 4 rings (SSSR count). The van der Waals surface area contributed by atoms with Crippen LogP contribution < -0.4 is 4.90 Å². The number of benzene rings is 3. The number of anilines is 1. The molecule has 1 aliphatic rings. The van der Waals surface area contributed by atoms with Crippen molar-refractivity contribution in [2.75, 3.05) is 11.4 Å². The van der Waals surface area contributed by atoms with E-state index in [-0.39, 0.29) is 17.6 Å². The lowest BCUT2D eigenvalue weighted by Gasteiger charge is -2.23. The van der Waals surface area contributed by atoms with Crippen LogP contribution in [-0.4, -0.2) is 23.3 Å². The van der Waals surface area contributed by atoms with Gasteiger partial charge in [-0.05, 0) is 41.2 Å². The van der Waals surface area contributed by atoms with Crippen LogP contribution in [0.1, 0.15) is 54.2 Å². The van der Waals surface area contributed by atoms with Gasteiger partial charge in [-0.1, -0.05) is 87.0 Å². The summed E-state index contributed by atoms with van der Waals surface area (Å²) in [5, 5.41) is 12.0. The molecule has 0 spiro atoms. The number of fused-ring (bicyclic) bond motifs is 1. The predicted molar refractivity (Wildman–Crippen MR) is 132 cm³/mol. The van der Waals surface area contributed by atoms with Crippen molar-refractivity contribution >= 4 is 29.0 Å². The Morgan fingerprint density at radius 3 is 2.30 bits per heavy atom. The summed E-state index contributed by atoms with van der Waals surface area (Å²) in [6.07, 6.45) is 0.294. The number of hydrogen-bond acceptors (Lipinski definition) is 3. The van der Waals surface area contributed by atoms with Crippen LogP contribution in [0.2, 0.25) is 5.02 Å². The van der Waals surface area contributed by atoms with Gasteiger partial charge in [0.1, 0.15) is 0 Å². The fraction of sp³-hybridized carbons (Fsp3) is 0.286. The van der Waals surface area contributed by atoms with E-state index in [0.717, 1.165) is 11.1 Å². The average Bonchev–Trinajstić information content (AvgIpc) is 2.98. The van der Waals surface area contributed by atoms with Crippen LogP contribution in [0.3, 0.4) is 0 Å². The van der Waals surface area contributed by atoms with Crippen LogP contribution in [0.15, 0.2) is 72.8 Å². The molecule has 0 aliphatic carbocycles. The Morgan fingerprint density at radius 2 is 1.67 bits per heavy atom. The second-order valence-electron chi connectivity index (χ2n) is 9.64. The molecule has 3 aromatic carbocycles. The number of carbonyl (C=O) groups excluding carboxylic acids is 2. The van der Waals surface area contributed by atoms with Crippen LogP contribution in [0.25, 0.3) is 0 Å². The Labute approximate surface area is 199 Å². The van der Waals surface area contributed by atoms with Crippen molar-refractivity contribution in [2.45, 2.75) is 44.6 Å². The molecule has 1 atom stereocenters. The van der Waals surface area contributed by atoms with Crippen molar-refractivity contribution in [2.24, 2.45) is 0 Å². The second kappa shape index (κ2) is 8.77. The molecule has 1 N–H and O–H groups in total. The maximum atomic E-state index is 13.4. The molecule has 1 heterocycles. The molecule has 0 fully saturated rings. The van der Waals surface area contributed by atoms with Gasteiger partial charge in [-0.3, -0.25) is 9.59 Å². The van der Waals surface area contributed by atoms with E-state index >= 15 is 0 Å². The van der Waals surface area contributed by atoms with E-state index in [1.165, 1.54) is 0 Å². The average molecular weight is 462 g/mol. The number of ketones is 1. The molecule has 33 heavy (non-hydrogen) atoms. The van der Waals surface area contributed by atoms with Gasteiger partial charge in [0.2, 0.25) is 0 Å². The fourth-order valence-electron chi connectivity index (χ4n) is 4.29. The summed E-state index contributed by atoms with van der Waals surface area (Å²) in [7, 11) is 0. The summed E-state index contributed by atoms with van der Waals surface area (Å²) >= 11 is 6.21. The lowest BCUT2D eigenvalue weighted by Crippen LogP contribution is -2.42. The highest BCUT2D eigenvalue weighted by Gasteiger charge is 2.50. The highest BCUT2D eigenvalue weighted by Crippen LogP contribution is 2.44. The number of nitrogens with zero attached hydrogens (tertiary/aromatic N) is 1. The van der Waals surface area contributed by atoms with Crippen LogP contribution in [-0.2, 0) is 22.2 Å². The summed E-state index contributed by atoms with van der Waals surface area (Å²) in [6.45, 7) is 6.71. The van der Waals surface area contributed by atoms with Gasteiger partial charge in [0.15, 0.2) is 11.4 Å². The zero-order valence-electron chi connectivity index (χ0n) is 19.1. The summed E-state index contributed by atoms with van der Waals surface area (Å²) in [5.74, 6) is -0.780. The summed E-state index contributed by atoms with van der Waals surface area (Å²) < 4.78 is 0. The van der Waals surface area contributed by atoms with Gasteiger partial charge < -0.3 is 10.0 Å². The molecule has 1 amide bonds. The van der Waals surface area contributed by atoms with Crippen molar-refractivity contribution < 1.29 is 14.7 Å². The number of amides is 1. The van der Waals surface area contributed by atoms with E-state index in [4.69, 9.17) is 11.6 Å². The summed E-state index contributed by atoms with van der Waals surface area (Å²) in [5.41, 5.74) is 1.67. The first kappa shape index (κ1) is 23.2. The molecular formula is C28H28ClNO3. The molecule has 0 unspecified atom stereocenters. The normalized spacial score (nSPS) is 17.8. The Morgan fingerprint density at radius 1 is 1.00 bits per heavy atom. The fourth-order valence-corrected chi connectivity index (χ4v) is 4.46. The van der Waals surface area contributed by atoms with Crippen molar-refractivity contribution in [1.82, 2.24) is 0 Å². The highest BCUT2D eigenvalue weighted by molar-refractivity contribution is 6.31. The molecule has 170 valence electrons. The predicted octanol–water partition coefficient (Wildman–Crippen LogP) is 5.69. The molecule has 4 nitrogen and oxygen atoms in total. The number of aliphatic hydroxyl groups is 1. The molecule has 3 aromatic rings. The molecule has 0 bridgehead atoms. The van der Waals surface area contributed by atoms with Gasteiger partial charge in [-0.2, -0.15) is 0 Å². The standard InChI is InChI=1S/C28H28ClNO3/c1-27(2,3)21-11-9-20(10-12-21)25(31)18-28(33)23-17-22(29)13-14-24(23)30(26(28)32)16-15-19-7-5-4-6-8-19/h4-14,17,33H,15-16,18H2,1-3H3/t28-/m1/s1.